The van der Waals surface area contributed by atoms with Crippen LogP contribution in [-0.2, 0) is 24.1 Å². The van der Waals surface area contributed by atoms with Crippen molar-refractivity contribution >= 4 is 23.4 Å². The molecule has 5 aliphatic rings. The number of nitrogens with zero attached hydrogens (tertiary/aromatic N) is 9. The Morgan fingerprint density at radius 1 is 1.00 bits per heavy atom. The second kappa shape index (κ2) is 13.6. The van der Waals surface area contributed by atoms with Crippen molar-refractivity contribution in [2.45, 2.75) is 69.5 Å². The lowest BCUT2D eigenvalue weighted by Gasteiger charge is -2.45. The molecule has 3 saturated heterocycles. The molecule has 1 unspecified atom stereocenters. The zero-order valence-electron chi connectivity index (χ0n) is 27.7. The molecule has 0 N–H and O–H groups in total. The number of carbonyl (C=O) groups is 1. The summed E-state index contributed by atoms with van der Waals surface area (Å²) in [5, 5.41) is 9.76. The zero-order chi connectivity index (χ0) is 31.6. The highest BCUT2D eigenvalue weighted by atomic mass is 16.2. The van der Waals surface area contributed by atoms with Gasteiger partial charge < -0.3 is 24.5 Å². The molecular weight excluding hydrogens is 574 g/mol. The van der Waals surface area contributed by atoms with Crippen LogP contribution in [0, 0.1) is 11.3 Å². The maximum Gasteiger partial charge on any atom is 0.246 e. The largest absolute Gasteiger partial charge is 0.368 e. The Bertz CT molecular complexity index is 1470. The number of para-hydroxylation sites is 1. The fourth-order valence-electron chi connectivity index (χ4n) is 8.10. The topological polar surface area (TPSA) is 86.1 Å². The molecule has 0 radical (unpaired) electrons. The predicted octanol–water partition coefficient (Wildman–Crippen LogP) is 3.12. The number of amides is 1. The van der Waals surface area contributed by atoms with Crippen LogP contribution in [0.15, 0.2) is 36.4 Å². The van der Waals surface area contributed by atoms with E-state index in [0.717, 1.165) is 76.7 Å². The van der Waals surface area contributed by atoms with Crippen LogP contribution in [0.4, 0.5) is 17.5 Å². The number of piperazine rings is 1. The van der Waals surface area contributed by atoms with Crippen LogP contribution in [0.25, 0.3) is 0 Å². The van der Waals surface area contributed by atoms with Gasteiger partial charge in [-0.25, -0.2) is 4.98 Å². The summed E-state index contributed by atoms with van der Waals surface area (Å²) in [5.74, 6) is 1.86. The summed E-state index contributed by atoms with van der Waals surface area (Å²) in [5.41, 5.74) is 5.28. The van der Waals surface area contributed by atoms with Crippen LogP contribution in [0.1, 0.15) is 48.9 Å². The molecule has 2 aromatic rings. The third-order valence-corrected chi connectivity index (χ3v) is 10.9. The third kappa shape index (κ3) is 6.32. The maximum absolute atomic E-state index is 13.3. The summed E-state index contributed by atoms with van der Waals surface area (Å²) in [4.78, 5) is 37.7. The number of aryl methyl sites for hydroxylation is 1. The molecule has 46 heavy (non-hydrogen) atoms. The Balaban J connectivity index is 1.13. The van der Waals surface area contributed by atoms with E-state index in [2.05, 4.69) is 68.9 Å². The van der Waals surface area contributed by atoms with Crippen molar-refractivity contribution in [1.82, 2.24) is 24.7 Å². The van der Waals surface area contributed by atoms with Crippen molar-refractivity contribution in [2.75, 3.05) is 87.7 Å². The first-order valence-corrected chi connectivity index (χ1v) is 17.5. The summed E-state index contributed by atoms with van der Waals surface area (Å²) in [7, 11) is 4.28. The van der Waals surface area contributed by atoms with Gasteiger partial charge in [0.1, 0.15) is 5.82 Å². The highest BCUT2D eigenvalue weighted by molar-refractivity contribution is 5.88. The number of nitriles is 1. The quantitative estimate of drug-likeness (QED) is 0.412. The molecule has 0 saturated carbocycles. The van der Waals surface area contributed by atoms with Crippen LogP contribution < -0.4 is 14.7 Å². The summed E-state index contributed by atoms with van der Waals surface area (Å²) in [6.07, 6.45) is 11.8. The molecule has 10 heteroatoms. The number of aromatic nitrogens is 2. The van der Waals surface area contributed by atoms with E-state index in [9.17, 15) is 10.1 Å². The van der Waals surface area contributed by atoms with Gasteiger partial charge in [-0.2, -0.15) is 10.2 Å². The minimum absolute atomic E-state index is 0.0180. The van der Waals surface area contributed by atoms with Gasteiger partial charge in [-0.1, -0.05) is 24.3 Å². The number of hydrogen-bond acceptors (Lipinski definition) is 9. The van der Waals surface area contributed by atoms with Crippen molar-refractivity contribution in [1.29, 1.82) is 5.26 Å². The van der Waals surface area contributed by atoms with Gasteiger partial charge in [0, 0.05) is 81.6 Å². The summed E-state index contributed by atoms with van der Waals surface area (Å²) >= 11 is 0. The third-order valence-electron chi connectivity index (χ3n) is 10.9. The number of hydrogen-bond donors (Lipinski definition) is 0. The second-order valence-corrected chi connectivity index (χ2v) is 14.0. The zero-order valence-corrected chi connectivity index (χ0v) is 27.7. The van der Waals surface area contributed by atoms with E-state index in [1.165, 1.54) is 41.8 Å². The number of rotatable bonds is 8. The molecule has 244 valence electrons. The molecule has 1 amide bonds. The highest BCUT2D eigenvalue weighted by Crippen LogP contribution is 2.37. The van der Waals surface area contributed by atoms with E-state index in [1.54, 1.807) is 6.08 Å². The van der Waals surface area contributed by atoms with Gasteiger partial charge in [-0.15, -0.1) is 0 Å². The van der Waals surface area contributed by atoms with E-state index < -0.39 is 0 Å². The van der Waals surface area contributed by atoms with Gasteiger partial charge in [-0.05, 0) is 77.3 Å². The van der Waals surface area contributed by atoms with Crippen molar-refractivity contribution in [3.05, 3.63) is 53.2 Å². The first-order valence-electron chi connectivity index (χ1n) is 17.5. The SMILES string of the molecule is CN(C)C1CN(c2nc3c(c(N4CCN(C(=O)/C=C/CN5CCCC5)[C@@H](CC#N)C4)n2)CCC(N2CCCc4ccccc42)C3)C1. The molecule has 10 nitrogen and oxygen atoms in total. The molecule has 0 bridgehead atoms. The van der Waals surface area contributed by atoms with Crippen LogP contribution in [-0.4, -0.2) is 122 Å². The Morgan fingerprint density at radius 3 is 2.63 bits per heavy atom. The summed E-state index contributed by atoms with van der Waals surface area (Å²) in [6.45, 7) is 7.90. The monoisotopic (exact) mass is 623 g/mol. The van der Waals surface area contributed by atoms with Crippen molar-refractivity contribution in [3.63, 3.8) is 0 Å². The van der Waals surface area contributed by atoms with Gasteiger partial charge in [0.25, 0.3) is 0 Å². The van der Waals surface area contributed by atoms with Gasteiger partial charge in [0.15, 0.2) is 0 Å². The lowest BCUT2D eigenvalue weighted by atomic mass is 9.88. The predicted molar refractivity (Wildman–Crippen MR) is 182 cm³/mol. The van der Waals surface area contributed by atoms with Crippen LogP contribution in [0.5, 0.6) is 0 Å². The Labute approximate surface area is 274 Å². The van der Waals surface area contributed by atoms with Gasteiger partial charge in [-0.3, -0.25) is 9.69 Å². The average molecular weight is 624 g/mol. The smallest absolute Gasteiger partial charge is 0.246 e. The Kier molecular flexibility index (Phi) is 9.14. The van der Waals surface area contributed by atoms with E-state index in [4.69, 9.17) is 9.97 Å². The first kappa shape index (κ1) is 30.9. The normalized spacial score (nSPS) is 23.9. The molecule has 0 spiro atoms. The number of carbonyl (C=O) groups excluding carboxylic acids is 1. The van der Waals surface area contributed by atoms with Crippen molar-refractivity contribution in [2.24, 2.45) is 0 Å². The second-order valence-electron chi connectivity index (χ2n) is 14.0. The van der Waals surface area contributed by atoms with Crippen molar-refractivity contribution < 1.29 is 4.79 Å². The first-order chi connectivity index (χ1) is 22.5. The fourth-order valence-corrected chi connectivity index (χ4v) is 8.10. The number of likely N-dealkylation sites (N-methyl/N-ethyl adjacent to an activating group) is 1. The van der Waals surface area contributed by atoms with Crippen molar-refractivity contribution in [3.8, 4) is 6.07 Å². The highest BCUT2D eigenvalue weighted by Gasteiger charge is 2.37. The number of benzene rings is 1. The van der Waals surface area contributed by atoms with E-state index >= 15 is 0 Å². The lowest BCUT2D eigenvalue weighted by Crippen LogP contribution is -2.58. The number of fused-ring (bicyclic) bond motifs is 2. The lowest BCUT2D eigenvalue weighted by molar-refractivity contribution is -0.128. The van der Waals surface area contributed by atoms with Crippen LogP contribution in [0.2, 0.25) is 0 Å². The minimum Gasteiger partial charge on any atom is -0.368 e. The molecule has 4 aliphatic heterocycles. The summed E-state index contributed by atoms with van der Waals surface area (Å²) in [6, 6.07) is 12.0. The number of anilines is 3. The molecule has 1 aliphatic carbocycles. The van der Waals surface area contributed by atoms with E-state index in [-0.39, 0.29) is 11.9 Å². The molecule has 5 heterocycles. The van der Waals surface area contributed by atoms with Gasteiger partial charge in [0.05, 0.1) is 24.2 Å². The maximum atomic E-state index is 13.3. The molecular formula is C36H49N9O. The van der Waals surface area contributed by atoms with Crippen LogP contribution >= 0.6 is 0 Å². The molecule has 2 atom stereocenters. The molecule has 1 aromatic carbocycles. The molecule has 7 rings (SSSR count). The summed E-state index contributed by atoms with van der Waals surface area (Å²) < 4.78 is 0. The molecule has 1 aromatic heterocycles. The van der Waals surface area contributed by atoms with Gasteiger partial charge in [0.2, 0.25) is 11.9 Å². The molecule has 3 fully saturated rings. The fraction of sp³-hybridized carbons (Fsp3) is 0.611. The Morgan fingerprint density at radius 2 is 1.83 bits per heavy atom. The average Bonchev–Trinajstić information content (AvgIpc) is 3.57. The standard InChI is InChI=1S/C36H49N9O/c1-40(2)30-25-43(26-30)36-38-32-23-28(44-20-7-10-27-9-3-4-11-33(27)44)13-14-31(32)35(39-36)42-21-22-45(29(24-42)15-16-37)34(46)12-8-19-41-17-5-6-18-41/h3-4,8-9,11-12,28-30H,5-7,10,13-15,17-26H2,1-2H3/b12-8+/t28?,29-/m0/s1. The Hall–Kier alpha value is -3.68. The van der Waals surface area contributed by atoms with Gasteiger partial charge >= 0.3 is 0 Å². The van der Waals surface area contributed by atoms with E-state index in [0.29, 0.717) is 38.1 Å². The minimum atomic E-state index is -0.167. The van der Waals surface area contributed by atoms with Crippen LogP contribution in [0.3, 0.4) is 0 Å². The number of likely N-dealkylation sites (tertiary alicyclic amines) is 1. The van der Waals surface area contributed by atoms with E-state index in [1.807, 2.05) is 11.0 Å².